The van der Waals surface area contributed by atoms with Gasteiger partial charge in [-0.15, -0.1) is 0 Å². The average Bonchev–Trinajstić information content (AvgIpc) is 2.67. The molecule has 1 fully saturated rings. The molecule has 1 aromatic rings. The van der Waals surface area contributed by atoms with Crippen LogP contribution in [0.3, 0.4) is 0 Å². The first kappa shape index (κ1) is 18.0. The summed E-state index contributed by atoms with van der Waals surface area (Å²) in [5.74, 6) is -1.19. The van der Waals surface area contributed by atoms with E-state index in [1.54, 1.807) is 6.07 Å². The standard InChI is InChI=1S/C16H18BF2NO2S/c1-15(2)16(3,4)22-17(21-15)12(9-23)5-10-6-14(19)11(8-20)7-13(10)18/h5-7,23H,9H2,1-4H3. The van der Waals surface area contributed by atoms with Gasteiger partial charge in [0.15, 0.2) is 0 Å². The number of thiol groups is 1. The fourth-order valence-electron chi connectivity index (χ4n) is 2.14. The van der Waals surface area contributed by atoms with E-state index in [2.05, 4.69) is 12.6 Å². The Labute approximate surface area is 140 Å². The van der Waals surface area contributed by atoms with E-state index in [0.29, 0.717) is 5.47 Å². The lowest BCUT2D eigenvalue weighted by Gasteiger charge is -2.32. The van der Waals surface area contributed by atoms with Crippen LogP contribution in [0.5, 0.6) is 0 Å². The van der Waals surface area contributed by atoms with Crippen LogP contribution in [-0.4, -0.2) is 24.1 Å². The average molecular weight is 337 g/mol. The zero-order valence-corrected chi connectivity index (χ0v) is 14.4. The summed E-state index contributed by atoms with van der Waals surface area (Å²) < 4.78 is 39.5. The zero-order valence-electron chi connectivity index (χ0n) is 13.5. The molecule has 0 aliphatic carbocycles. The van der Waals surface area contributed by atoms with Crippen molar-refractivity contribution >= 4 is 25.8 Å². The fraction of sp³-hybridized carbons (Fsp3) is 0.438. The quantitative estimate of drug-likeness (QED) is 0.674. The Kier molecular flexibility index (Phi) is 4.90. The van der Waals surface area contributed by atoms with E-state index >= 15 is 0 Å². The zero-order chi connectivity index (χ0) is 17.4. The molecule has 0 spiro atoms. The lowest BCUT2D eigenvalue weighted by Crippen LogP contribution is -2.41. The molecule has 0 radical (unpaired) electrons. The molecule has 0 N–H and O–H groups in total. The van der Waals surface area contributed by atoms with Crippen LogP contribution in [0.1, 0.15) is 38.8 Å². The minimum atomic E-state index is -0.771. The first-order valence-corrected chi connectivity index (χ1v) is 7.80. The monoisotopic (exact) mass is 337 g/mol. The molecular weight excluding hydrogens is 319 g/mol. The molecule has 1 aromatic carbocycles. The van der Waals surface area contributed by atoms with Crippen LogP contribution >= 0.6 is 12.6 Å². The second-order valence-corrected chi connectivity index (χ2v) is 6.75. The molecule has 122 valence electrons. The van der Waals surface area contributed by atoms with E-state index in [1.165, 1.54) is 6.08 Å². The van der Waals surface area contributed by atoms with Gasteiger partial charge in [0, 0.05) is 11.3 Å². The molecule has 0 unspecified atom stereocenters. The van der Waals surface area contributed by atoms with Crippen molar-refractivity contribution in [3.63, 3.8) is 0 Å². The number of nitrogens with zero attached hydrogens (tertiary/aromatic N) is 1. The highest BCUT2D eigenvalue weighted by molar-refractivity contribution is 7.80. The van der Waals surface area contributed by atoms with Crippen molar-refractivity contribution in [3.05, 3.63) is 40.4 Å². The molecule has 1 heterocycles. The summed E-state index contributed by atoms with van der Waals surface area (Å²) in [5.41, 5.74) is -0.791. The number of hydrogen-bond donors (Lipinski definition) is 1. The van der Waals surface area contributed by atoms with Gasteiger partial charge in [-0.3, -0.25) is 0 Å². The Hall–Kier alpha value is -1.36. The van der Waals surface area contributed by atoms with Gasteiger partial charge in [0.05, 0.1) is 16.8 Å². The summed E-state index contributed by atoms with van der Waals surface area (Å²) in [6, 6.07) is 3.47. The van der Waals surface area contributed by atoms with Crippen molar-refractivity contribution in [3.8, 4) is 6.07 Å². The molecule has 1 saturated heterocycles. The van der Waals surface area contributed by atoms with E-state index in [4.69, 9.17) is 14.6 Å². The number of benzene rings is 1. The highest BCUT2D eigenvalue weighted by Gasteiger charge is 2.52. The van der Waals surface area contributed by atoms with E-state index < -0.39 is 30.0 Å². The number of hydrogen-bond acceptors (Lipinski definition) is 4. The fourth-order valence-corrected chi connectivity index (χ4v) is 2.38. The van der Waals surface area contributed by atoms with Gasteiger partial charge in [0.25, 0.3) is 0 Å². The molecule has 1 aliphatic heterocycles. The van der Waals surface area contributed by atoms with Gasteiger partial charge in [-0.05, 0) is 45.3 Å². The van der Waals surface area contributed by atoms with Crippen LogP contribution in [0.2, 0.25) is 0 Å². The van der Waals surface area contributed by atoms with Gasteiger partial charge in [-0.2, -0.15) is 17.9 Å². The molecule has 0 amide bonds. The molecule has 0 aromatic heterocycles. The molecule has 3 nitrogen and oxygen atoms in total. The van der Waals surface area contributed by atoms with Gasteiger partial charge in [0.1, 0.15) is 17.7 Å². The SMILES string of the molecule is CC1(C)OB(C(=Cc2cc(F)c(C#N)cc2F)CS)OC1(C)C. The summed E-state index contributed by atoms with van der Waals surface area (Å²) in [4.78, 5) is 0. The summed E-state index contributed by atoms with van der Waals surface area (Å²) in [5, 5.41) is 8.73. The molecule has 0 saturated carbocycles. The maximum absolute atomic E-state index is 14.0. The third-order valence-electron chi connectivity index (χ3n) is 4.29. The normalized spacial score (nSPS) is 19.7. The molecule has 23 heavy (non-hydrogen) atoms. The highest BCUT2D eigenvalue weighted by atomic mass is 32.1. The van der Waals surface area contributed by atoms with Crippen LogP contribution < -0.4 is 0 Å². The Morgan fingerprint density at radius 2 is 1.78 bits per heavy atom. The molecule has 1 aliphatic rings. The summed E-state index contributed by atoms with van der Waals surface area (Å²) >= 11 is 4.24. The van der Waals surface area contributed by atoms with Crippen molar-refractivity contribution in [2.45, 2.75) is 38.9 Å². The summed E-state index contributed by atoms with van der Waals surface area (Å²) in [6.45, 7) is 7.63. The highest BCUT2D eigenvalue weighted by Crippen LogP contribution is 2.39. The Morgan fingerprint density at radius 1 is 1.22 bits per heavy atom. The van der Waals surface area contributed by atoms with E-state index in [-0.39, 0.29) is 16.9 Å². The predicted octanol–water partition coefficient (Wildman–Crippen LogP) is 3.78. The van der Waals surface area contributed by atoms with Gasteiger partial charge in [-0.1, -0.05) is 6.08 Å². The Morgan fingerprint density at radius 3 is 2.26 bits per heavy atom. The summed E-state index contributed by atoms with van der Waals surface area (Å²) in [6.07, 6.45) is 1.45. The minimum Gasteiger partial charge on any atom is -0.400 e. The molecular formula is C16H18BF2NO2S. The third kappa shape index (κ3) is 3.44. The van der Waals surface area contributed by atoms with Gasteiger partial charge < -0.3 is 9.31 Å². The molecule has 0 atom stereocenters. The van der Waals surface area contributed by atoms with Crippen molar-refractivity contribution in [1.29, 1.82) is 5.26 Å². The van der Waals surface area contributed by atoms with Crippen molar-refractivity contribution in [2.75, 3.05) is 5.75 Å². The smallest absolute Gasteiger partial charge is 0.400 e. The van der Waals surface area contributed by atoms with Crippen LogP contribution in [0.15, 0.2) is 17.6 Å². The maximum atomic E-state index is 14.0. The second-order valence-electron chi connectivity index (χ2n) is 6.43. The number of rotatable bonds is 3. The van der Waals surface area contributed by atoms with Crippen LogP contribution in [0.4, 0.5) is 8.78 Å². The third-order valence-corrected chi connectivity index (χ3v) is 4.65. The number of nitriles is 1. The van der Waals surface area contributed by atoms with E-state index in [9.17, 15) is 8.78 Å². The first-order valence-electron chi connectivity index (χ1n) is 7.17. The van der Waals surface area contributed by atoms with Gasteiger partial charge in [0.2, 0.25) is 0 Å². The number of halogens is 2. The predicted molar refractivity (Wildman–Crippen MR) is 89.0 cm³/mol. The lowest BCUT2D eigenvalue weighted by atomic mass is 9.78. The van der Waals surface area contributed by atoms with Crippen LogP contribution in [0.25, 0.3) is 6.08 Å². The molecule has 7 heteroatoms. The van der Waals surface area contributed by atoms with Crippen LogP contribution in [-0.2, 0) is 9.31 Å². The van der Waals surface area contributed by atoms with Gasteiger partial charge >= 0.3 is 7.12 Å². The van der Waals surface area contributed by atoms with Crippen molar-refractivity contribution in [2.24, 2.45) is 0 Å². The Bertz CT molecular complexity index is 682. The topological polar surface area (TPSA) is 42.2 Å². The van der Waals surface area contributed by atoms with E-state index in [1.807, 2.05) is 27.7 Å². The van der Waals surface area contributed by atoms with Gasteiger partial charge in [-0.25, -0.2) is 8.78 Å². The maximum Gasteiger partial charge on any atom is 0.491 e. The lowest BCUT2D eigenvalue weighted by molar-refractivity contribution is 0.00578. The molecule has 0 bridgehead atoms. The van der Waals surface area contributed by atoms with E-state index in [0.717, 1.165) is 12.1 Å². The Balaban J connectivity index is 2.38. The molecule has 2 rings (SSSR count). The first-order chi connectivity index (χ1) is 10.6. The van der Waals surface area contributed by atoms with Crippen LogP contribution in [0, 0.1) is 23.0 Å². The van der Waals surface area contributed by atoms with Crippen molar-refractivity contribution in [1.82, 2.24) is 0 Å². The minimum absolute atomic E-state index is 0.0280. The van der Waals surface area contributed by atoms with Crippen molar-refractivity contribution < 1.29 is 18.1 Å². The second kappa shape index (κ2) is 6.27. The largest absolute Gasteiger partial charge is 0.491 e. The summed E-state index contributed by atoms with van der Waals surface area (Å²) in [7, 11) is -0.685.